The summed E-state index contributed by atoms with van der Waals surface area (Å²) in [5.41, 5.74) is 2.02. The maximum atomic E-state index is 13.0. The van der Waals surface area contributed by atoms with Crippen molar-refractivity contribution in [3.8, 4) is 0 Å². The van der Waals surface area contributed by atoms with E-state index in [4.69, 9.17) is 4.74 Å². The fraction of sp³-hybridized carbons (Fsp3) is 0.538. The molecule has 96 valence electrons. The number of benzene rings is 1. The van der Waals surface area contributed by atoms with Gasteiger partial charge in [0.25, 0.3) is 0 Å². The van der Waals surface area contributed by atoms with Gasteiger partial charge in [-0.05, 0) is 43.1 Å². The maximum absolute atomic E-state index is 13.0. The molecule has 0 aliphatic carbocycles. The van der Waals surface area contributed by atoms with E-state index in [1.54, 1.807) is 13.2 Å². The molecule has 0 heterocycles. The van der Waals surface area contributed by atoms with Gasteiger partial charge in [0.05, 0.1) is 12.7 Å². The summed E-state index contributed by atoms with van der Waals surface area (Å²) < 4.78 is 17.8. The van der Waals surface area contributed by atoms with E-state index in [1.807, 2.05) is 6.92 Å². The first-order valence-electron chi connectivity index (χ1n) is 5.76. The number of halogens is 1. The van der Waals surface area contributed by atoms with Gasteiger partial charge in [-0.25, -0.2) is 4.39 Å². The van der Waals surface area contributed by atoms with E-state index in [9.17, 15) is 9.50 Å². The second kappa shape index (κ2) is 7.37. The number of hydrogen-bond donors (Lipinski definition) is 2. The molecule has 0 saturated carbocycles. The van der Waals surface area contributed by atoms with Crippen LogP contribution < -0.4 is 5.32 Å². The van der Waals surface area contributed by atoms with Crippen LogP contribution in [0.25, 0.3) is 0 Å². The van der Waals surface area contributed by atoms with Crippen LogP contribution in [-0.2, 0) is 11.3 Å². The summed E-state index contributed by atoms with van der Waals surface area (Å²) in [7, 11) is 1.56. The van der Waals surface area contributed by atoms with Crippen molar-refractivity contribution in [3.63, 3.8) is 0 Å². The molecule has 0 aliphatic rings. The topological polar surface area (TPSA) is 41.5 Å². The molecule has 0 bridgehead atoms. The van der Waals surface area contributed by atoms with Crippen molar-refractivity contribution in [2.24, 2.45) is 0 Å². The van der Waals surface area contributed by atoms with Gasteiger partial charge in [0.1, 0.15) is 5.82 Å². The van der Waals surface area contributed by atoms with Gasteiger partial charge >= 0.3 is 0 Å². The van der Waals surface area contributed by atoms with Crippen molar-refractivity contribution in [3.05, 3.63) is 35.1 Å². The smallest absolute Gasteiger partial charge is 0.123 e. The van der Waals surface area contributed by atoms with Crippen molar-refractivity contribution >= 4 is 0 Å². The van der Waals surface area contributed by atoms with E-state index in [1.165, 1.54) is 12.1 Å². The zero-order chi connectivity index (χ0) is 12.7. The number of rotatable bonds is 7. The monoisotopic (exact) mass is 241 g/mol. The van der Waals surface area contributed by atoms with Gasteiger partial charge in [0, 0.05) is 13.7 Å². The van der Waals surface area contributed by atoms with Crippen molar-refractivity contribution in [2.75, 3.05) is 20.3 Å². The number of aliphatic hydroxyl groups excluding tert-OH is 1. The zero-order valence-electron chi connectivity index (χ0n) is 10.4. The van der Waals surface area contributed by atoms with Gasteiger partial charge < -0.3 is 15.2 Å². The molecule has 0 aliphatic heterocycles. The van der Waals surface area contributed by atoms with E-state index >= 15 is 0 Å². The highest BCUT2D eigenvalue weighted by Crippen LogP contribution is 2.09. The number of methoxy groups -OCH3 is 1. The highest BCUT2D eigenvalue weighted by Gasteiger charge is 2.03. The molecule has 1 unspecified atom stereocenters. The van der Waals surface area contributed by atoms with E-state index in [2.05, 4.69) is 5.32 Å². The van der Waals surface area contributed by atoms with Crippen molar-refractivity contribution in [1.29, 1.82) is 0 Å². The largest absolute Gasteiger partial charge is 0.391 e. The van der Waals surface area contributed by atoms with E-state index in [-0.39, 0.29) is 5.82 Å². The summed E-state index contributed by atoms with van der Waals surface area (Å²) in [6, 6.07) is 4.77. The molecule has 0 spiro atoms. The maximum Gasteiger partial charge on any atom is 0.123 e. The van der Waals surface area contributed by atoms with Crippen LogP contribution in [0.15, 0.2) is 18.2 Å². The molecule has 17 heavy (non-hydrogen) atoms. The summed E-state index contributed by atoms with van der Waals surface area (Å²) in [4.78, 5) is 0. The molecule has 0 radical (unpaired) electrons. The number of nitrogens with one attached hydrogen (secondary N) is 1. The average molecular weight is 241 g/mol. The normalized spacial score (nSPS) is 12.7. The van der Waals surface area contributed by atoms with E-state index in [0.717, 1.165) is 11.1 Å². The number of ether oxygens (including phenoxy) is 1. The Hall–Kier alpha value is -0.970. The summed E-state index contributed by atoms with van der Waals surface area (Å²) in [5, 5.41) is 12.6. The molecule has 1 atom stereocenters. The van der Waals surface area contributed by atoms with Crippen LogP contribution >= 0.6 is 0 Å². The van der Waals surface area contributed by atoms with Crippen LogP contribution in [0.2, 0.25) is 0 Å². The molecule has 0 amide bonds. The molecular formula is C13H20FNO2. The van der Waals surface area contributed by atoms with Crippen molar-refractivity contribution < 1.29 is 14.2 Å². The minimum absolute atomic E-state index is 0.216. The Morgan fingerprint density at radius 1 is 1.47 bits per heavy atom. The predicted octanol–water partition coefficient (Wildman–Crippen LogP) is 1.62. The lowest BCUT2D eigenvalue weighted by Crippen LogP contribution is -2.23. The van der Waals surface area contributed by atoms with Crippen LogP contribution in [0, 0.1) is 12.7 Å². The first-order valence-corrected chi connectivity index (χ1v) is 5.76. The zero-order valence-corrected chi connectivity index (χ0v) is 10.4. The molecule has 1 aromatic rings. The van der Waals surface area contributed by atoms with E-state index in [0.29, 0.717) is 26.1 Å². The van der Waals surface area contributed by atoms with Crippen molar-refractivity contribution in [1.82, 2.24) is 5.32 Å². The molecule has 0 fully saturated rings. The Morgan fingerprint density at radius 3 is 2.94 bits per heavy atom. The highest BCUT2D eigenvalue weighted by molar-refractivity contribution is 5.26. The van der Waals surface area contributed by atoms with Crippen LogP contribution in [0.1, 0.15) is 17.5 Å². The number of aliphatic hydroxyl groups is 1. The highest BCUT2D eigenvalue weighted by atomic mass is 19.1. The van der Waals surface area contributed by atoms with Crippen molar-refractivity contribution in [2.45, 2.75) is 26.0 Å². The summed E-state index contributed by atoms with van der Waals surface area (Å²) in [6.45, 7) is 3.60. The van der Waals surface area contributed by atoms with E-state index < -0.39 is 6.10 Å². The fourth-order valence-electron chi connectivity index (χ4n) is 1.60. The van der Waals surface area contributed by atoms with Crippen LogP contribution in [0.3, 0.4) is 0 Å². The van der Waals surface area contributed by atoms with Gasteiger partial charge in [-0.2, -0.15) is 0 Å². The first-order chi connectivity index (χ1) is 8.13. The third-order valence-corrected chi connectivity index (χ3v) is 2.64. The third-order valence-electron chi connectivity index (χ3n) is 2.64. The standard InChI is InChI=1S/C13H20FNO2/c1-10-3-4-12(14)7-11(10)8-15-6-5-13(16)9-17-2/h3-4,7,13,15-16H,5-6,8-9H2,1-2H3. The Kier molecular flexibility index (Phi) is 6.11. The molecule has 4 heteroatoms. The van der Waals surface area contributed by atoms with Gasteiger partial charge in [0.15, 0.2) is 0 Å². The second-order valence-corrected chi connectivity index (χ2v) is 4.15. The Labute approximate surface area is 102 Å². The Balaban J connectivity index is 2.28. The molecule has 1 aromatic carbocycles. The fourth-order valence-corrected chi connectivity index (χ4v) is 1.60. The summed E-state index contributed by atoms with van der Waals surface area (Å²) in [6.07, 6.45) is 0.184. The SMILES string of the molecule is COCC(O)CCNCc1cc(F)ccc1C. The molecule has 1 rings (SSSR count). The average Bonchev–Trinajstić information content (AvgIpc) is 2.29. The van der Waals surface area contributed by atoms with Crippen LogP contribution in [-0.4, -0.2) is 31.5 Å². The van der Waals surface area contributed by atoms with Gasteiger partial charge in [-0.1, -0.05) is 6.07 Å². The van der Waals surface area contributed by atoms with Crippen LogP contribution in [0.4, 0.5) is 4.39 Å². The van der Waals surface area contributed by atoms with Gasteiger partial charge in [-0.15, -0.1) is 0 Å². The first kappa shape index (κ1) is 14.1. The Bertz CT molecular complexity index is 344. The Morgan fingerprint density at radius 2 is 2.24 bits per heavy atom. The minimum Gasteiger partial charge on any atom is -0.391 e. The molecular weight excluding hydrogens is 221 g/mol. The quantitative estimate of drug-likeness (QED) is 0.713. The minimum atomic E-state index is -0.443. The van der Waals surface area contributed by atoms with Gasteiger partial charge in [0.2, 0.25) is 0 Å². The summed E-state index contributed by atoms with van der Waals surface area (Å²) in [5.74, 6) is -0.216. The summed E-state index contributed by atoms with van der Waals surface area (Å²) >= 11 is 0. The second-order valence-electron chi connectivity index (χ2n) is 4.15. The van der Waals surface area contributed by atoms with Crippen LogP contribution in [0.5, 0.6) is 0 Å². The number of hydrogen-bond acceptors (Lipinski definition) is 3. The lowest BCUT2D eigenvalue weighted by Gasteiger charge is -2.11. The third kappa shape index (κ3) is 5.26. The predicted molar refractivity (Wildman–Crippen MR) is 65.3 cm³/mol. The molecule has 0 saturated heterocycles. The molecule has 3 nitrogen and oxygen atoms in total. The molecule has 0 aromatic heterocycles. The molecule has 2 N–H and O–H groups in total. The van der Waals surface area contributed by atoms with Gasteiger partial charge in [-0.3, -0.25) is 0 Å². The lowest BCUT2D eigenvalue weighted by molar-refractivity contribution is 0.0594. The number of aryl methyl sites for hydroxylation is 1. The lowest BCUT2D eigenvalue weighted by atomic mass is 10.1.